The molecule has 3 heteroatoms. The van der Waals surface area contributed by atoms with Crippen LogP contribution < -0.4 is 5.32 Å². The van der Waals surface area contributed by atoms with Gasteiger partial charge in [0, 0.05) is 19.0 Å². The number of hydrogen-bond donors (Lipinski definition) is 2. The lowest BCUT2D eigenvalue weighted by atomic mass is 10.1. The molecule has 0 saturated heterocycles. The van der Waals surface area contributed by atoms with Gasteiger partial charge in [-0.2, -0.15) is 0 Å². The normalized spacial score (nSPS) is 14.9. The van der Waals surface area contributed by atoms with Crippen LogP contribution in [-0.4, -0.2) is 22.6 Å². The van der Waals surface area contributed by atoms with E-state index in [0.29, 0.717) is 0 Å². The first kappa shape index (κ1) is 11.5. The molecule has 1 heterocycles. The van der Waals surface area contributed by atoms with Crippen LogP contribution in [0.2, 0.25) is 0 Å². The summed E-state index contributed by atoms with van der Waals surface area (Å²) in [6, 6.07) is 9.30. The molecule has 0 bridgehead atoms. The number of nitrogens with zero attached hydrogens (tertiary/aromatic N) is 1. The van der Waals surface area contributed by atoms with Gasteiger partial charge in [-0.3, -0.25) is 0 Å². The first-order valence-electron chi connectivity index (χ1n) is 6.65. The number of hydrogen-bond acceptors (Lipinski definition) is 2. The van der Waals surface area contributed by atoms with Crippen LogP contribution in [0, 0.1) is 6.92 Å². The van der Waals surface area contributed by atoms with Crippen molar-refractivity contribution in [2.24, 2.45) is 0 Å². The van der Waals surface area contributed by atoms with Gasteiger partial charge in [0.2, 0.25) is 0 Å². The van der Waals surface area contributed by atoms with Crippen molar-refractivity contribution in [1.29, 1.82) is 0 Å². The van der Waals surface area contributed by atoms with Crippen LogP contribution in [0.5, 0.6) is 0 Å². The number of benzene rings is 1. The Kier molecular flexibility index (Phi) is 3.15. The van der Waals surface area contributed by atoms with E-state index in [4.69, 9.17) is 0 Å². The summed E-state index contributed by atoms with van der Waals surface area (Å²) in [4.78, 5) is 7.83. The van der Waals surface area contributed by atoms with Crippen LogP contribution in [0.3, 0.4) is 0 Å². The van der Waals surface area contributed by atoms with Crippen LogP contribution in [-0.2, 0) is 6.42 Å². The minimum absolute atomic E-state index is 0.775. The zero-order valence-corrected chi connectivity index (χ0v) is 10.7. The predicted molar refractivity (Wildman–Crippen MR) is 73.5 cm³/mol. The fourth-order valence-corrected chi connectivity index (χ4v) is 2.05. The van der Waals surface area contributed by atoms with E-state index in [-0.39, 0.29) is 0 Å². The maximum Gasteiger partial charge on any atom is 0.107 e. The Morgan fingerprint density at radius 2 is 2.06 bits per heavy atom. The topological polar surface area (TPSA) is 40.7 Å². The molecule has 1 aromatic heterocycles. The number of H-pyrrole nitrogens is 1. The quantitative estimate of drug-likeness (QED) is 0.845. The molecule has 1 fully saturated rings. The van der Waals surface area contributed by atoms with Crippen molar-refractivity contribution >= 4 is 0 Å². The summed E-state index contributed by atoms with van der Waals surface area (Å²) in [7, 11) is 0. The van der Waals surface area contributed by atoms with Gasteiger partial charge in [0.05, 0.1) is 11.9 Å². The Balaban J connectivity index is 1.62. The van der Waals surface area contributed by atoms with Gasteiger partial charge in [0.1, 0.15) is 5.82 Å². The number of aromatic nitrogens is 2. The van der Waals surface area contributed by atoms with Crippen molar-refractivity contribution in [1.82, 2.24) is 15.3 Å². The minimum Gasteiger partial charge on any atom is -0.342 e. The molecule has 94 valence electrons. The summed E-state index contributed by atoms with van der Waals surface area (Å²) in [5, 5.41) is 3.50. The molecule has 2 N–H and O–H groups in total. The highest BCUT2D eigenvalue weighted by Gasteiger charge is 2.19. The molecule has 3 rings (SSSR count). The average Bonchev–Trinajstić information content (AvgIpc) is 3.08. The first-order valence-corrected chi connectivity index (χ1v) is 6.65. The lowest BCUT2D eigenvalue weighted by Crippen LogP contribution is -2.19. The maximum atomic E-state index is 4.44. The van der Waals surface area contributed by atoms with Crippen LogP contribution in [0.15, 0.2) is 30.5 Å². The molecule has 0 aliphatic heterocycles. The van der Waals surface area contributed by atoms with E-state index in [1.54, 1.807) is 0 Å². The Bertz CT molecular complexity index is 509. The standard InChI is InChI=1S/C15H19N3/c1-11-2-4-12(5-3-11)14-10-17-15(18-14)8-9-16-13-6-7-13/h2-5,10,13,16H,6-9H2,1H3,(H,17,18). The second kappa shape index (κ2) is 4.94. The van der Waals surface area contributed by atoms with E-state index in [0.717, 1.165) is 30.5 Å². The van der Waals surface area contributed by atoms with Crippen molar-refractivity contribution in [3.8, 4) is 11.3 Å². The number of aromatic amines is 1. The number of nitrogens with one attached hydrogen (secondary N) is 2. The second-order valence-corrected chi connectivity index (χ2v) is 5.09. The number of imidazole rings is 1. The highest BCUT2D eigenvalue weighted by Crippen LogP contribution is 2.19. The molecule has 3 nitrogen and oxygen atoms in total. The van der Waals surface area contributed by atoms with E-state index in [9.17, 15) is 0 Å². The largest absolute Gasteiger partial charge is 0.342 e. The van der Waals surface area contributed by atoms with Gasteiger partial charge < -0.3 is 10.3 Å². The molecule has 18 heavy (non-hydrogen) atoms. The third-order valence-electron chi connectivity index (χ3n) is 3.36. The van der Waals surface area contributed by atoms with Gasteiger partial charge in [-0.05, 0) is 25.3 Å². The molecule has 2 aromatic rings. The fourth-order valence-electron chi connectivity index (χ4n) is 2.05. The van der Waals surface area contributed by atoms with Gasteiger partial charge in [0.25, 0.3) is 0 Å². The molecule has 0 atom stereocenters. The molecule has 1 aromatic carbocycles. The van der Waals surface area contributed by atoms with Gasteiger partial charge in [-0.15, -0.1) is 0 Å². The van der Waals surface area contributed by atoms with Crippen molar-refractivity contribution in [3.63, 3.8) is 0 Å². The second-order valence-electron chi connectivity index (χ2n) is 5.09. The number of aryl methyl sites for hydroxylation is 1. The van der Waals surface area contributed by atoms with Gasteiger partial charge in [0.15, 0.2) is 0 Å². The SMILES string of the molecule is Cc1ccc(-c2cnc(CCNC3CC3)[nH]2)cc1. The summed E-state index contributed by atoms with van der Waals surface area (Å²) in [6.45, 7) is 3.12. The number of rotatable bonds is 5. The first-order chi connectivity index (χ1) is 8.81. The predicted octanol–water partition coefficient (Wildman–Crippen LogP) is 2.68. The molecule has 1 saturated carbocycles. The lowest BCUT2D eigenvalue weighted by Gasteiger charge is -2.00. The molecular weight excluding hydrogens is 222 g/mol. The molecule has 1 aliphatic carbocycles. The Hall–Kier alpha value is -1.61. The monoisotopic (exact) mass is 241 g/mol. The molecular formula is C15H19N3. The van der Waals surface area contributed by atoms with Crippen LogP contribution in [0.25, 0.3) is 11.3 Å². The zero-order chi connectivity index (χ0) is 12.4. The van der Waals surface area contributed by atoms with E-state index >= 15 is 0 Å². The van der Waals surface area contributed by atoms with Gasteiger partial charge >= 0.3 is 0 Å². The van der Waals surface area contributed by atoms with E-state index in [2.05, 4.69) is 46.5 Å². The maximum absolute atomic E-state index is 4.44. The van der Waals surface area contributed by atoms with Crippen molar-refractivity contribution in [2.45, 2.75) is 32.2 Å². The third kappa shape index (κ3) is 2.79. The highest BCUT2D eigenvalue weighted by atomic mass is 15.0. The Labute approximate surface area is 108 Å². The third-order valence-corrected chi connectivity index (χ3v) is 3.36. The molecule has 0 radical (unpaired) electrons. The van der Waals surface area contributed by atoms with Gasteiger partial charge in [-0.1, -0.05) is 29.8 Å². The Morgan fingerprint density at radius 3 is 2.78 bits per heavy atom. The summed E-state index contributed by atoms with van der Waals surface area (Å²) >= 11 is 0. The lowest BCUT2D eigenvalue weighted by molar-refractivity contribution is 0.669. The van der Waals surface area contributed by atoms with E-state index < -0.39 is 0 Å². The van der Waals surface area contributed by atoms with Crippen molar-refractivity contribution < 1.29 is 0 Å². The average molecular weight is 241 g/mol. The highest BCUT2D eigenvalue weighted by molar-refractivity contribution is 5.58. The summed E-state index contributed by atoms with van der Waals surface area (Å²) < 4.78 is 0. The molecule has 0 spiro atoms. The zero-order valence-electron chi connectivity index (χ0n) is 10.7. The molecule has 0 amide bonds. The van der Waals surface area contributed by atoms with E-state index in [1.165, 1.54) is 24.0 Å². The summed E-state index contributed by atoms with van der Waals surface area (Å²) in [5.74, 6) is 1.07. The fraction of sp³-hybridized carbons (Fsp3) is 0.400. The van der Waals surface area contributed by atoms with E-state index in [1.807, 2.05) is 6.20 Å². The van der Waals surface area contributed by atoms with Crippen LogP contribution in [0.4, 0.5) is 0 Å². The molecule has 1 aliphatic rings. The van der Waals surface area contributed by atoms with Crippen LogP contribution in [0.1, 0.15) is 24.2 Å². The van der Waals surface area contributed by atoms with Crippen LogP contribution >= 0.6 is 0 Å². The summed E-state index contributed by atoms with van der Waals surface area (Å²) in [5.41, 5.74) is 3.60. The van der Waals surface area contributed by atoms with Crippen molar-refractivity contribution in [2.75, 3.05) is 6.54 Å². The minimum atomic E-state index is 0.775. The van der Waals surface area contributed by atoms with Gasteiger partial charge in [-0.25, -0.2) is 4.98 Å². The summed E-state index contributed by atoms with van der Waals surface area (Å²) in [6.07, 6.45) is 5.58. The van der Waals surface area contributed by atoms with Crippen molar-refractivity contribution in [3.05, 3.63) is 41.9 Å². The Morgan fingerprint density at radius 1 is 1.28 bits per heavy atom. The molecule has 0 unspecified atom stereocenters. The smallest absolute Gasteiger partial charge is 0.107 e.